The second-order valence-corrected chi connectivity index (χ2v) is 7.91. The minimum absolute atomic E-state index is 0.107. The molecule has 0 radical (unpaired) electrons. The predicted octanol–water partition coefficient (Wildman–Crippen LogP) is 4.18. The molecule has 2 aromatic rings. The predicted molar refractivity (Wildman–Crippen MR) is 106 cm³/mol. The van der Waals surface area contributed by atoms with Crippen molar-refractivity contribution in [3.8, 4) is 0 Å². The molecule has 4 heteroatoms. The first kappa shape index (κ1) is 20.0. The van der Waals surface area contributed by atoms with Gasteiger partial charge in [-0.2, -0.15) is 0 Å². The summed E-state index contributed by atoms with van der Waals surface area (Å²) in [4.78, 5) is 2.36. The molecule has 0 aromatic heterocycles. The fourth-order valence-electron chi connectivity index (χ4n) is 4.08. The lowest BCUT2D eigenvalue weighted by molar-refractivity contribution is -0.0356. The average Bonchev–Trinajstić information content (AvgIpc) is 2.67. The van der Waals surface area contributed by atoms with Gasteiger partial charge in [0.1, 0.15) is 5.82 Å². The Bertz CT molecular complexity index is 698. The molecule has 0 bridgehead atoms. The van der Waals surface area contributed by atoms with Crippen LogP contribution in [-0.4, -0.2) is 42.9 Å². The number of ether oxygens (including phenoxy) is 1. The largest absolute Gasteiger partial charge is 0.384 e. The minimum atomic E-state index is -1.07. The van der Waals surface area contributed by atoms with Crippen LogP contribution >= 0.6 is 0 Å². The molecular weight excluding hydrogens is 341 g/mol. The SMILES string of the molecule is CC(C)CC(O)(c1ccc(F)cc1)C(CN1CCOCC1)c1ccccc1. The minimum Gasteiger partial charge on any atom is -0.384 e. The second-order valence-electron chi connectivity index (χ2n) is 7.91. The van der Waals surface area contributed by atoms with Gasteiger partial charge in [0.2, 0.25) is 0 Å². The van der Waals surface area contributed by atoms with Gasteiger partial charge in [0.05, 0.1) is 18.8 Å². The van der Waals surface area contributed by atoms with Crippen LogP contribution in [0.25, 0.3) is 0 Å². The first-order chi connectivity index (χ1) is 13.0. The van der Waals surface area contributed by atoms with E-state index in [0.29, 0.717) is 12.3 Å². The molecule has 2 unspecified atom stereocenters. The first-order valence-corrected chi connectivity index (χ1v) is 9.82. The van der Waals surface area contributed by atoms with Crippen molar-refractivity contribution in [3.63, 3.8) is 0 Å². The normalized spacial score (nSPS) is 19.0. The van der Waals surface area contributed by atoms with Crippen LogP contribution < -0.4 is 0 Å². The van der Waals surface area contributed by atoms with E-state index in [1.165, 1.54) is 12.1 Å². The smallest absolute Gasteiger partial charge is 0.123 e. The molecular formula is C23H30FNO2. The number of halogens is 1. The zero-order chi connectivity index (χ0) is 19.3. The van der Waals surface area contributed by atoms with E-state index < -0.39 is 5.60 Å². The summed E-state index contributed by atoms with van der Waals surface area (Å²) in [5.41, 5.74) is 0.817. The van der Waals surface area contributed by atoms with E-state index in [-0.39, 0.29) is 11.7 Å². The van der Waals surface area contributed by atoms with Crippen molar-refractivity contribution in [1.82, 2.24) is 4.90 Å². The van der Waals surface area contributed by atoms with Gasteiger partial charge < -0.3 is 9.84 Å². The summed E-state index contributed by atoms with van der Waals surface area (Å²) in [6, 6.07) is 16.5. The highest BCUT2D eigenvalue weighted by molar-refractivity contribution is 5.32. The van der Waals surface area contributed by atoms with Gasteiger partial charge in [-0.05, 0) is 35.6 Å². The van der Waals surface area contributed by atoms with E-state index in [1.54, 1.807) is 12.1 Å². The van der Waals surface area contributed by atoms with Crippen molar-refractivity contribution >= 4 is 0 Å². The average molecular weight is 371 g/mol. The summed E-state index contributed by atoms with van der Waals surface area (Å²) in [6.45, 7) is 8.15. The maximum Gasteiger partial charge on any atom is 0.123 e. The number of aliphatic hydroxyl groups is 1. The van der Waals surface area contributed by atoms with Crippen molar-refractivity contribution in [1.29, 1.82) is 0 Å². The van der Waals surface area contributed by atoms with E-state index in [2.05, 4.69) is 30.9 Å². The molecule has 1 aliphatic heterocycles. The van der Waals surface area contributed by atoms with Gasteiger partial charge in [0, 0.05) is 25.6 Å². The van der Waals surface area contributed by atoms with E-state index in [0.717, 1.165) is 44.0 Å². The maximum atomic E-state index is 13.5. The number of nitrogens with zero attached hydrogens (tertiary/aromatic N) is 1. The molecule has 27 heavy (non-hydrogen) atoms. The molecule has 3 rings (SSSR count). The molecule has 146 valence electrons. The number of rotatable bonds is 7. The van der Waals surface area contributed by atoms with E-state index in [9.17, 15) is 9.50 Å². The maximum absolute atomic E-state index is 13.5. The third kappa shape index (κ3) is 4.95. The molecule has 0 aliphatic carbocycles. The van der Waals surface area contributed by atoms with Gasteiger partial charge in [-0.1, -0.05) is 56.3 Å². The topological polar surface area (TPSA) is 32.7 Å². The molecule has 1 N–H and O–H groups in total. The summed E-state index contributed by atoms with van der Waals surface area (Å²) < 4.78 is 19.0. The van der Waals surface area contributed by atoms with Gasteiger partial charge >= 0.3 is 0 Å². The Morgan fingerprint density at radius 2 is 1.67 bits per heavy atom. The molecule has 0 amide bonds. The van der Waals surface area contributed by atoms with Crippen LogP contribution in [0.5, 0.6) is 0 Å². The molecule has 1 fully saturated rings. The highest BCUT2D eigenvalue weighted by atomic mass is 19.1. The van der Waals surface area contributed by atoms with Crippen LogP contribution in [0.3, 0.4) is 0 Å². The van der Waals surface area contributed by atoms with Crippen molar-refractivity contribution in [2.75, 3.05) is 32.8 Å². The van der Waals surface area contributed by atoms with Gasteiger partial charge in [-0.3, -0.25) is 4.90 Å². The number of morpholine rings is 1. The molecule has 0 spiro atoms. The van der Waals surface area contributed by atoms with Crippen LogP contribution in [0.2, 0.25) is 0 Å². The van der Waals surface area contributed by atoms with E-state index in [1.807, 2.05) is 18.2 Å². The third-order valence-electron chi connectivity index (χ3n) is 5.39. The Morgan fingerprint density at radius 3 is 2.26 bits per heavy atom. The second kappa shape index (κ2) is 8.96. The Labute approximate surface area is 161 Å². The lowest BCUT2D eigenvalue weighted by atomic mass is 9.72. The Kier molecular flexibility index (Phi) is 6.64. The molecule has 1 aliphatic rings. The van der Waals surface area contributed by atoms with Crippen LogP contribution in [0.4, 0.5) is 4.39 Å². The molecule has 1 heterocycles. The molecule has 2 atom stereocenters. The Balaban J connectivity index is 2.01. The van der Waals surface area contributed by atoms with Crippen LogP contribution in [0, 0.1) is 11.7 Å². The summed E-state index contributed by atoms with van der Waals surface area (Å²) in [6.07, 6.45) is 0.614. The fourth-order valence-corrected chi connectivity index (χ4v) is 4.08. The zero-order valence-electron chi connectivity index (χ0n) is 16.3. The molecule has 1 saturated heterocycles. The van der Waals surface area contributed by atoms with Crippen LogP contribution in [0.15, 0.2) is 54.6 Å². The Morgan fingerprint density at radius 1 is 1.04 bits per heavy atom. The van der Waals surface area contributed by atoms with Gasteiger partial charge in [-0.15, -0.1) is 0 Å². The van der Waals surface area contributed by atoms with Gasteiger partial charge in [0.15, 0.2) is 0 Å². The first-order valence-electron chi connectivity index (χ1n) is 9.82. The van der Waals surface area contributed by atoms with Crippen molar-refractivity contribution in [2.24, 2.45) is 5.92 Å². The monoisotopic (exact) mass is 371 g/mol. The lowest BCUT2D eigenvalue weighted by Gasteiger charge is -2.41. The number of hydrogen-bond donors (Lipinski definition) is 1. The molecule has 2 aromatic carbocycles. The number of benzene rings is 2. The van der Waals surface area contributed by atoms with E-state index >= 15 is 0 Å². The number of hydrogen-bond acceptors (Lipinski definition) is 3. The fraction of sp³-hybridized carbons (Fsp3) is 0.478. The van der Waals surface area contributed by atoms with Crippen molar-refractivity contribution < 1.29 is 14.2 Å². The summed E-state index contributed by atoms with van der Waals surface area (Å²) >= 11 is 0. The zero-order valence-corrected chi connectivity index (χ0v) is 16.3. The van der Waals surface area contributed by atoms with Crippen LogP contribution in [0.1, 0.15) is 37.3 Å². The van der Waals surface area contributed by atoms with Gasteiger partial charge in [0.25, 0.3) is 0 Å². The summed E-state index contributed by atoms with van der Waals surface area (Å²) in [7, 11) is 0. The summed E-state index contributed by atoms with van der Waals surface area (Å²) in [5.74, 6) is -0.0873. The lowest BCUT2D eigenvalue weighted by Crippen LogP contribution is -2.45. The third-order valence-corrected chi connectivity index (χ3v) is 5.39. The Hall–Kier alpha value is -1.75. The van der Waals surface area contributed by atoms with E-state index in [4.69, 9.17) is 4.74 Å². The standard InChI is InChI=1S/C23H30FNO2/c1-18(2)16-23(26,20-8-10-21(24)11-9-20)22(19-6-4-3-5-7-19)17-25-12-14-27-15-13-25/h3-11,18,22,26H,12-17H2,1-2H3. The highest BCUT2D eigenvalue weighted by Gasteiger charge is 2.41. The molecule has 0 saturated carbocycles. The van der Waals surface area contributed by atoms with Crippen LogP contribution in [-0.2, 0) is 10.3 Å². The van der Waals surface area contributed by atoms with Gasteiger partial charge in [-0.25, -0.2) is 4.39 Å². The highest BCUT2D eigenvalue weighted by Crippen LogP contribution is 2.42. The quantitative estimate of drug-likeness (QED) is 0.793. The van der Waals surface area contributed by atoms with Crippen molar-refractivity contribution in [2.45, 2.75) is 31.8 Å². The van der Waals surface area contributed by atoms with Crippen molar-refractivity contribution in [3.05, 3.63) is 71.5 Å². The molecule has 3 nitrogen and oxygen atoms in total. The summed E-state index contributed by atoms with van der Waals surface area (Å²) in [5, 5.41) is 12.0.